The van der Waals surface area contributed by atoms with Crippen LogP contribution in [0.25, 0.3) is 0 Å². The van der Waals surface area contributed by atoms with Gasteiger partial charge in [-0.2, -0.15) is 4.98 Å². The number of carbonyl (C=O) groups excluding carboxylic acids is 1. The zero-order chi connectivity index (χ0) is 19.4. The van der Waals surface area contributed by atoms with Crippen LogP contribution >= 0.6 is 0 Å². The number of aryl methyl sites for hydroxylation is 2. The number of sulfonamides is 1. The highest BCUT2D eigenvalue weighted by Gasteiger charge is 2.59. The molecule has 2 fully saturated rings. The molecule has 2 aromatic rings. The summed E-state index contributed by atoms with van der Waals surface area (Å²) >= 11 is 0. The molecule has 0 radical (unpaired) electrons. The van der Waals surface area contributed by atoms with Gasteiger partial charge in [0.1, 0.15) is 5.69 Å². The van der Waals surface area contributed by atoms with Crippen LogP contribution in [0.2, 0.25) is 0 Å². The van der Waals surface area contributed by atoms with Crippen LogP contribution in [-0.2, 0) is 22.5 Å². The van der Waals surface area contributed by atoms with Gasteiger partial charge in [-0.15, -0.1) is 0 Å². The molecule has 0 aliphatic carbocycles. The Morgan fingerprint density at radius 1 is 1.37 bits per heavy atom. The summed E-state index contributed by atoms with van der Waals surface area (Å²) in [6.45, 7) is 4.70. The summed E-state index contributed by atoms with van der Waals surface area (Å²) in [4.78, 5) is 23.1. The van der Waals surface area contributed by atoms with Gasteiger partial charge in [-0.05, 0) is 13.8 Å². The molecule has 146 valence electrons. The Kier molecular flexibility index (Phi) is 4.11. The van der Waals surface area contributed by atoms with Crippen molar-refractivity contribution in [1.29, 1.82) is 0 Å². The van der Waals surface area contributed by atoms with Gasteiger partial charge in [0.2, 0.25) is 15.9 Å². The molecule has 0 saturated carbocycles. The molecule has 0 spiro atoms. The van der Waals surface area contributed by atoms with Gasteiger partial charge in [-0.3, -0.25) is 4.79 Å². The average molecular weight is 394 g/mol. The lowest BCUT2D eigenvalue weighted by Crippen LogP contribution is -2.42. The van der Waals surface area contributed by atoms with E-state index in [1.807, 2.05) is 0 Å². The third kappa shape index (κ3) is 2.76. The SMILES string of the molecule is CCS(=O)(=O)N1C[C@@H]2CN(C(=O)c3cncn3C)C[C@]2(c2nc(C)no2)C1. The summed E-state index contributed by atoms with van der Waals surface area (Å²) in [5.41, 5.74) is -0.192. The minimum absolute atomic E-state index is 0.0380. The fourth-order valence-corrected chi connectivity index (χ4v) is 5.29. The van der Waals surface area contributed by atoms with Gasteiger partial charge >= 0.3 is 0 Å². The average Bonchev–Trinajstić information content (AvgIpc) is 3.36. The van der Waals surface area contributed by atoms with E-state index in [-0.39, 0.29) is 24.1 Å². The van der Waals surface area contributed by atoms with Crippen LogP contribution in [0.1, 0.15) is 29.1 Å². The molecule has 4 rings (SSSR count). The summed E-state index contributed by atoms with van der Waals surface area (Å²) in [7, 11) is -1.57. The number of hydrogen-bond acceptors (Lipinski definition) is 7. The molecule has 2 atom stereocenters. The Morgan fingerprint density at radius 3 is 2.74 bits per heavy atom. The molecule has 0 bridgehead atoms. The van der Waals surface area contributed by atoms with Crippen molar-refractivity contribution < 1.29 is 17.7 Å². The monoisotopic (exact) mass is 394 g/mol. The number of likely N-dealkylation sites (tertiary alicyclic amines) is 1. The molecule has 2 saturated heterocycles. The van der Waals surface area contributed by atoms with Crippen molar-refractivity contribution in [2.75, 3.05) is 31.9 Å². The Morgan fingerprint density at radius 2 is 2.15 bits per heavy atom. The summed E-state index contributed by atoms with van der Waals surface area (Å²) in [6, 6.07) is 0. The van der Waals surface area contributed by atoms with Gasteiger partial charge in [0.05, 0.1) is 23.7 Å². The number of fused-ring (bicyclic) bond motifs is 1. The molecule has 0 aromatic carbocycles. The first kappa shape index (κ1) is 18.1. The molecular weight excluding hydrogens is 372 g/mol. The number of imidazole rings is 1. The summed E-state index contributed by atoms with van der Waals surface area (Å²) in [5.74, 6) is 0.697. The predicted molar refractivity (Wildman–Crippen MR) is 94.3 cm³/mol. The van der Waals surface area contributed by atoms with Crippen LogP contribution < -0.4 is 0 Å². The third-order valence-electron chi connectivity index (χ3n) is 5.61. The summed E-state index contributed by atoms with van der Waals surface area (Å²) < 4.78 is 33.5. The van der Waals surface area contributed by atoms with E-state index in [0.29, 0.717) is 37.0 Å². The first-order valence-electron chi connectivity index (χ1n) is 8.81. The smallest absolute Gasteiger partial charge is 0.272 e. The molecule has 11 heteroatoms. The molecule has 1 amide bonds. The highest BCUT2D eigenvalue weighted by Crippen LogP contribution is 2.45. The first-order chi connectivity index (χ1) is 12.8. The van der Waals surface area contributed by atoms with Crippen molar-refractivity contribution in [2.45, 2.75) is 19.3 Å². The molecular formula is C16H22N6O4S. The van der Waals surface area contributed by atoms with E-state index in [2.05, 4.69) is 15.1 Å². The molecule has 4 heterocycles. The minimum Gasteiger partial charge on any atom is -0.339 e. The van der Waals surface area contributed by atoms with Gasteiger partial charge < -0.3 is 14.0 Å². The second kappa shape index (κ2) is 6.13. The second-order valence-corrected chi connectivity index (χ2v) is 9.53. The number of nitrogens with zero attached hydrogens (tertiary/aromatic N) is 6. The normalized spacial score (nSPS) is 25.9. The number of carbonyl (C=O) groups is 1. The van der Waals surface area contributed by atoms with E-state index in [1.54, 1.807) is 36.7 Å². The molecule has 0 unspecified atom stereocenters. The summed E-state index contributed by atoms with van der Waals surface area (Å²) in [6.07, 6.45) is 3.12. The largest absolute Gasteiger partial charge is 0.339 e. The van der Waals surface area contributed by atoms with E-state index in [1.165, 1.54) is 10.5 Å². The van der Waals surface area contributed by atoms with Gasteiger partial charge in [0.15, 0.2) is 5.82 Å². The molecule has 27 heavy (non-hydrogen) atoms. The zero-order valence-corrected chi connectivity index (χ0v) is 16.3. The Balaban J connectivity index is 1.69. The van der Waals surface area contributed by atoms with Crippen molar-refractivity contribution in [3.63, 3.8) is 0 Å². The van der Waals surface area contributed by atoms with E-state index >= 15 is 0 Å². The molecule has 2 aromatic heterocycles. The Hall–Kier alpha value is -2.27. The lowest BCUT2D eigenvalue weighted by Gasteiger charge is -2.25. The minimum atomic E-state index is -3.34. The van der Waals surface area contributed by atoms with Crippen molar-refractivity contribution in [3.8, 4) is 0 Å². The standard InChI is InChI=1S/C16H22N6O4S/c1-4-27(24,25)22-7-12-6-21(14(23)13-5-17-10-20(13)3)8-16(12,9-22)15-18-11(2)19-26-15/h5,10,12H,4,6-9H2,1-3H3/t12-,16-/m0/s1. The molecule has 2 aliphatic heterocycles. The van der Waals surface area contributed by atoms with Crippen LogP contribution in [0.3, 0.4) is 0 Å². The Labute approximate surface area is 157 Å². The highest BCUT2D eigenvalue weighted by atomic mass is 32.2. The van der Waals surface area contributed by atoms with Crippen LogP contribution in [0.15, 0.2) is 17.0 Å². The van der Waals surface area contributed by atoms with Crippen molar-refractivity contribution >= 4 is 15.9 Å². The third-order valence-corrected chi connectivity index (χ3v) is 7.41. The van der Waals surface area contributed by atoms with Gasteiger partial charge in [-0.1, -0.05) is 5.16 Å². The fourth-order valence-electron chi connectivity index (χ4n) is 4.10. The van der Waals surface area contributed by atoms with E-state index in [9.17, 15) is 13.2 Å². The summed E-state index contributed by atoms with van der Waals surface area (Å²) in [5, 5.41) is 3.89. The topological polar surface area (TPSA) is 114 Å². The van der Waals surface area contributed by atoms with E-state index < -0.39 is 15.4 Å². The van der Waals surface area contributed by atoms with Crippen molar-refractivity contribution in [2.24, 2.45) is 13.0 Å². The van der Waals surface area contributed by atoms with Crippen molar-refractivity contribution in [3.05, 3.63) is 29.9 Å². The molecule has 2 aliphatic rings. The van der Waals surface area contributed by atoms with E-state index in [0.717, 1.165) is 0 Å². The van der Waals surface area contributed by atoms with Crippen LogP contribution in [0.5, 0.6) is 0 Å². The number of aromatic nitrogens is 4. The number of hydrogen-bond donors (Lipinski definition) is 0. The van der Waals surface area contributed by atoms with Gasteiger partial charge in [0, 0.05) is 39.1 Å². The maximum atomic E-state index is 12.9. The maximum absolute atomic E-state index is 12.9. The molecule has 0 N–H and O–H groups in total. The lowest BCUT2D eigenvalue weighted by atomic mass is 9.81. The number of amides is 1. The van der Waals surface area contributed by atoms with Crippen molar-refractivity contribution in [1.82, 2.24) is 28.9 Å². The zero-order valence-electron chi connectivity index (χ0n) is 15.5. The Bertz CT molecular complexity index is 983. The number of rotatable bonds is 4. The second-order valence-electron chi connectivity index (χ2n) is 7.27. The van der Waals surface area contributed by atoms with Crippen LogP contribution in [0, 0.1) is 12.8 Å². The fraction of sp³-hybridized carbons (Fsp3) is 0.625. The highest BCUT2D eigenvalue weighted by molar-refractivity contribution is 7.89. The van der Waals surface area contributed by atoms with Crippen LogP contribution in [0.4, 0.5) is 0 Å². The predicted octanol–water partition coefficient (Wildman–Crippen LogP) is -0.213. The molecule has 10 nitrogen and oxygen atoms in total. The quantitative estimate of drug-likeness (QED) is 0.704. The van der Waals surface area contributed by atoms with Gasteiger partial charge in [-0.25, -0.2) is 17.7 Å². The van der Waals surface area contributed by atoms with Crippen LogP contribution in [-0.4, -0.2) is 75.2 Å². The van der Waals surface area contributed by atoms with Gasteiger partial charge in [0.25, 0.3) is 5.91 Å². The first-order valence-corrected chi connectivity index (χ1v) is 10.4. The maximum Gasteiger partial charge on any atom is 0.272 e. The lowest BCUT2D eigenvalue weighted by molar-refractivity contribution is 0.0763. The van der Waals surface area contributed by atoms with E-state index in [4.69, 9.17) is 4.52 Å².